The number of carbonyl (C=O) groups is 1. The maximum atomic E-state index is 11.1. The number of nitrogens with one attached hydrogen (secondary N) is 1. The van der Waals surface area contributed by atoms with Crippen LogP contribution in [0.3, 0.4) is 0 Å². The Morgan fingerprint density at radius 1 is 0.972 bits per heavy atom. The molecular weight excluding hydrogens is 452 g/mol. The third kappa shape index (κ3) is 4.17. The maximum Gasteiger partial charge on any atom is 0.307 e. The number of aliphatic carboxylic acids is 1. The summed E-state index contributed by atoms with van der Waals surface area (Å²) in [5, 5.41) is 12.8. The van der Waals surface area contributed by atoms with Crippen LogP contribution in [0.2, 0.25) is 0 Å². The molecule has 0 saturated heterocycles. The number of benzene rings is 2. The molecule has 4 aromatic rings. The first-order valence-electron chi connectivity index (χ1n) is 12.1. The van der Waals surface area contributed by atoms with Gasteiger partial charge in [-0.3, -0.25) is 9.78 Å². The summed E-state index contributed by atoms with van der Waals surface area (Å²) in [6.07, 6.45) is 7.88. The summed E-state index contributed by atoms with van der Waals surface area (Å²) in [4.78, 5) is 24.4. The molecule has 7 nitrogen and oxygen atoms in total. The van der Waals surface area contributed by atoms with Crippen LogP contribution in [0.4, 0.5) is 5.69 Å². The predicted molar refractivity (Wildman–Crippen MR) is 137 cm³/mol. The van der Waals surface area contributed by atoms with E-state index in [-0.39, 0.29) is 17.9 Å². The number of rotatable bonds is 7. The topological polar surface area (TPSA) is 97.2 Å². The fourth-order valence-electron chi connectivity index (χ4n) is 5.17. The number of ether oxygens (including phenoxy) is 1. The molecule has 6 rings (SSSR count). The van der Waals surface area contributed by atoms with E-state index in [2.05, 4.69) is 62.7 Å². The minimum atomic E-state index is -0.730. The number of methoxy groups -OCH3 is 1. The van der Waals surface area contributed by atoms with Crippen molar-refractivity contribution in [2.24, 2.45) is 5.92 Å². The molecule has 36 heavy (non-hydrogen) atoms. The summed E-state index contributed by atoms with van der Waals surface area (Å²) in [5.74, 6) is -0.463. The number of hydrogen-bond donors (Lipinski definition) is 2. The van der Waals surface area contributed by atoms with Crippen LogP contribution in [-0.2, 0) is 11.2 Å². The van der Waals surface area contributed by atoms with Gasteiger partial charge in [-0.1, -0.05) is 42.5 Å². The van der Waals surface area contributed by atoms with Crippen molar-refractivity contribution in [2.75, 3.05) is 12.4 Å². The van der Waals surface area contributed by atoms with Gasteiger partial charge in [0, 0.05) is 17.2 Å². The Kier molecular flexibility index (Phi) is 5.60. The minimum Gasteiger partial charge on any atom is -0.481 e. The van der Waals surface area contributed by atoms with Gasteiger partial charge in [0.15, 0.2) is 0 Å². The van der Waals surface area contributed by atoms with Gasteiger partial charge in [0.1, 0.15) is 0 Å². The fourth-order valence-corrected chi connectivity index (χ4v) is 5.17. The number of carboxylic acid groups (broad SMARTS) is 1. The Bertz CT molecular complexity index is 1400. The van der Waals surface area contributed by atoms with Crippen molar-refractivity contribution in [3.63, 3.8) is 0 Å². The first-order chi connectivity index (χ1) is 17.6. The molecule has 0 spiro atoms. The molecule has 1 fully saturated rings. The van der Waals surface area contributed by atoms with Gasteiger partial charge in [0.05, 0.1) is 49.0 Å². The van der Waals surface area contributed by atoms with Gasteiger partial charge in [-0.15, -0.1) is 0 Å². The van der Waals surface area contributed by atoms with E-state index in [4.69, 9.17) is 9.84 Å². The summed E-state index contributed by atoms with van der Waals surface area (Å²) >= 11 is 0. The lowest BCUT2D eigenvalue weighted by molar-refractivity contribution is -0.138. The van der Waals surface area contributed by atoms with Crippen molar-refractivity contribution < 1.29 is 14.6 Å². The molecule has 0 aliphatic heterocycles. The Hall–Kier alpha value is -4.26. The van der Waals surface area contributed by atoms with Crippen molar-refractivity contribution in [1.29, 1.82) is 0 Å². The van der Waals surface area contributed by atoms with Gasteiger partial charge >= 0.3 is 5.97 Å². The van der Waals surface area contributed by atoms with E-state index in [9.17, 15) is 4.79 Å². The Morgan fingerprint density at radius 3 is 2.47 bits per heavy atom. The Labute approximate surface area is 209 Å². The van der Waals surface area contributed by atoms with E-state index >= 15 is 0 Å². The van der Waals surface area contributed by atoms with Gasteiger partial charge in [0.2, 0.25) is 5.88 Å². The summed E-state index contributed by atoms with van der Waals surface area (Å²) in [6, 6.07) is 19.1. The summed E-state index contributed by atoms with van der Waals surface area (Å²) in [5.41, 5.74) is 8.77. The van der Waals surface area contributed by atoms with Crippen LogP contribution >= 0.6 is 0 Å². The molecule has 2 heterocycles. The highest BCUT2D eigenvalue weighted by Gasteiger charge is 2.45. The van der Waals surface area contributed by atoms with E-state index in [0.29, 0.717) is 12.3 Å². The average molecular weight is 479 g/mol. The zero-order valence-corrected chi connectivity index (χ0v) is 19.9. The number of fused-ring (bicyclic) bond motifs is 1. The third-order valence-electron chi connectivity index (χ3n) is 7.21. The number of aromatic nitrogens is 3. The van der Waals surface area contributed by atoms with Gasteiger partial charge < -0.3 is 15.2 Å². The molecule has 2 aliphatic rings. The van der Waals surface area contributed by atoms with Crippen LogP contribution in [-0.4, -0.2) is 33.1 Å². The van der Waals surface area contributed by atoms with E-state index in [1.807, 2.05) is 18.3 Å². The number of carboxylic acids is 1. The van der Waals surface area contributed by atoms with Crippen molar-refractivity contribution in [3.05, 3.63) is 90.0 Å². The van der Waals surface area contributed by atoms with E-state index in [1.165, 1.54) is 22.3 Å². The largest absolute Gasteiger partial charge is 0.481 e. The number of pyridine rings is 1. The molecule has 0 amide bonds. The van der Waals surface area contributed by atoms with E-state index in [0.717, 1.165) is 35.5 Å². The van der Waals surface area contributed by atoms with Gasteiger partial charge in [-0.25, -0.2) is 9.97 Å². The lowest BCUT2D eigenvalue weighted by Crippen LogP contribution is -2.07. The monoisotopic (exact) mass is 478 g/mol. The normalized spacial score (nSPS) is 20.0. The predicted octanol–water partition coefficient (Wildman–Crippen LogP) is 5.50. The van der Waals surface area contributed by atoms with Crippen molar-refractivity contribution >= 4 is 11.7 Å². The van der Waals surface area contributed by atoms with Gasteiger partial charge in [-0.2, -0.15) is 0 Å². The third-order valence-corrected chi connectivity index (χ3v) is 7.21. The van der Waals surface area contributed by atoms with E-state index in [1.54, 1.807) is 19.5 Å². The standard InChI is InChI=1S/C29H26N4O3/c1-36-28-16-31-27(15-32-28)18-7-5-17(6-8-18)20-3-2-4-22-21(20)10-12-26(22)33-19-9-11-25(30-14-19)23-13-24(23)29(34)35/h2-9,11,14-16,23-24,26,33H,10,12-13H2,1H3,(H,34,35)/t23-,24-,26+/m0/s1. The second-order valence-electron chi connectivity index (χ2n) is 9.39. The number of nitrogens with zero attached hydrogens (tertiary/aromatic N) is 3. The van der Waals surface area contributed by atoms with Gasteiger partial charge in [0.25, 0.3) is 0 Å². The molecule has 7 heteroatoms. The highest BCUT2D eigenvalue weighted by atomic mass is 16.5. The quantitative estimate of drug-likeness (QED) is 0.362. The molecule has 3 atom stereocenters. The lowest BCUT2D eigenvalue weighted by atomic mass is 9.95. The lowest BCUT2D eigenvalue weighted by Gasteiger charge is -2.16. The smallest absolute Gasteiger partial charge is 0.307 e. The molecule has 2 N–H and O–H groups in total. The highest BCUT2D eigenvalue weighted by Crippen LogP contribution is 2.47. The molecule has 0 unspecified atom stereocenters. The molecule has 2 aliphatic carbocycles. The maximum absolute atomic E-state index is 11.1. The van der Waals surface area contributed by atoms with Crippen molar-refractivity contribution in [1.82, 2.24) is 15.0 Å². The van der Waals surface area contributed by atoms with Crippen LogP contribution < -0.4 is 10.1 Å². The number of hydrogen-bond acceptors (Lipinski definition) is 6. The molecule has 2 aromatic carbocycles. The minimum absolute atomic E-state index is 0.0504. The summed E-state index contributed by atoms with van der Waals surface area (Å²) < 4.78 is 5.10. The fraction of sp³-hybridized carbons (Fsp3) is 0.241. The average Bonchev–Trinajstić information content (AvgIpc) is 3.64. The van der Waals surface area contributed by atoms with Crippen molar-refractivity contribution in [3.8, 4) is 28.3 Å². The Balaban J connectivity index is 1.18. The SMILES string of the molecule is COc1cnc(-c2ccc(-c3cccc4c3CC[C@H]4Nc3ccc([C@H]4C[C@@H]4C(=O)O)nc3)cc2)cn1. The van der Waals surface area contributed by atoms with Crippen LogP contribution in [0.15, 0.2) is 73.2 Å². The van der Waals surface area contributed by atoms with Crippen molar-refractivity contribution in [2.45, 2.75) is 31.2 Å². The Morgan fingerprint density at radius 2 is 1.81 bits per heavy atom. The molecule has 2 aromatic heterocycles. The van der Waals surface area contributed by atoms with Crippen LogP contribution in [0.5, 0.6) is 5.88 Å². The second-order valence-corrected chi connectivity index (χ2v) is 9.39. The zero-order valence-electron chi connectivity index (χ0n) is 19.9. The van der Waals surface area contributed by atoms with E-state index < -0.39 is 5.97 Å². The molecule has 180 valence electrons. The van der Waals surface area contributed by atoms with Crippen LogP contribution in [0, 0.1) is 5.92 Å². The summed E-state index contributed by atoms with van der Waals surface area (Å²) in [6.45, 7) is 0. The zero-order chi connectivity index (χ0) is 24.6. The molecule has 0 bridgehead atoms. The molecule has 1 saturated carbocycles. The first-order valence-corrected chi connectivity index (χ1v) is 12.1. The second kappa shape index (κ2) is 9.07. The molecular formula is C29H26N4O3. The highest BCUT2D eigenvalue weighted by molar-refractivity contribution is 5.75. The van der Waals surface area contributed by atoms with Crippen LogP contribution in [0.25, 0.3) is 22.4 Å². The first kappa shape index (κ1) is 22.2. The summed E-state index contributed by atoms with van der Waals surface area (Å²) in [7, 11) is 1.58. The van der Waals surface area contributed by atoms with Gasteiger partial charge in [-0.05, 0) is 53.6 Å². The molecule has 0 radical (unpaired) electrons. The van der Waals surface area contributed by atoms with Crippen LogP contribution in [0.1, 0.15) is 41.6 Å². The number of anilines is 1.